The van der Waals surface area contributed by atoms with E-state index in [1.54, 1.807) is 13.2 Å². The number of quaternary nitrogens is 1. The van der Waals surface area contributed by atoms with E-state index in [1.165, 1.54) is 22.9 Å². The van der Waals surface area contributed by atoms with Crippen LogP contribution in [0.25, 0.3) is 0 Å². The van der Waals surface area contributed by atoms with Gasteiger partial charge < -0.3 is 10.5 Å². The zero-order valence-corrected chi connectivity index (χ0v) is 17.8. The molecule has 3 atom stereocenters. The highest BCUT2D eigenvalue weighted by atomic mass is 32.2. The van der Waals surface area contributed by atoms with Crippen LogP contribution in [-0.4, -0.2) is 44.3 Å². The molecule has 7 nitrogen and oxygen atoms in total. The first-order valence-corrected chi connectivity index (χ1v) is 11.5. The summed E-state index contributed by atoms with van der Waals surface area (Å²) in [5, 5.41) is 5.21. The van der Waals surface area contributed by atoms with Gasteiger partial charge in [-0.1, -0.05) is 36.4 Å². The molecule has 2 aliphatic rings. The Morgan fingerprint density at radius 2 is 1.97 bits per heavy atom. The SMILES string of the molecule is C[N+]1(CCOc2ccc3c(c2)C(Cc2ccccc2)C(N)C3)C=CN=C1S(N)(=O)=O. The van der Waals surface area contributed by atoms with Gasteiger partial charge in [0, 0.05) is 12.0 Å². The minimum atomic E-state index is -3.87. The molecule has 1 aliphatic carbocycles. The lowest BCUT2D eigenvalue weighted by Gasteiger charge is -2.25. The molecule has 0 fully saturated rings. The van der Waals surface area contributed by atoms with Gasteiger partial charge in [0.05, 0.1) is 13.2 Å². The summed E-state index contributed by atoms with van der Waals surface area (Å²) in [6, 6.07) is 16.6. The van der Waals surface area contributed by atoms with Crippen LogP contribution in [0, 0.1) is 0 Å². The molecule has 2 aromatic rings. The monoisotopic (exact) mass is 427 g/mol. The third-order valence-corrected chi connectivity index (χ3v) is 6.92. The van der Waals surface area contributed by atoms with Crippen molar-refractivity contribution in [2.75, 3.05) is 20.2 Å². The number of benzene rings is 2. The summed E-state index contributed by atoms with van der Waals surface area (Å²) in [5.74, 6) is 1.00. The molecule has 0 bridgehead atoms. The van der Waals surface area contributed by atoms with Gasteiger partial charge in [-0.15, -0.1) is 0 Å². The fourth-order valence-electron chi connectivity index (χ4n) is 4.28. The van der Waals surface area contributed by atoms with Crippen molar-refractivity contribution in [3.8, 4) is 5.75 Å². The van der Waals surface area contributed by atoms with Crippen LogP contribution < -0.4 is 15.6 Å². The summed E-state index contributed by atoms with van der Waals surface area (Å²) in [4.78, 5) is 3.92. The summed E-state index contributed by atoms with van der Waals surface area (Å²) in [5.41, 5.74) is 10.2. The average Bonchev–Trinajstić information content (AvgIpc) is 3.23. The maximum atomic E-state index is 11.8. The average molecular weight is 428 g/mol. The molecule has 30 heavy (non-hydrogen) atoms. The second kappa shape index (κ2) is 7.96. The van der Waals surface area contributed by atoms with Gasteiger partial charge in [-0.25, -0.2) is 9.62 Å². The van der Waals surface area contributed by atoms with E-state index >= 15 is 0 Å². The lowest BCUT2D eigenvalue weighted by molar-refractivity contribution is -0.760. The van der Waals surface area contributed by atoms with Crippen molar-refractivity contribution in [1.82, 2.24) is 0 Å². The number of nitrogens with zero attached hydrogens (tertiary/aromatic N) is 2. The number of sulfonamides is 1. The Labute approximate surface area is 177 Å². The van der Waals surface area contributed by atoms with Gasteiger partial charge in [-0.3, -0.25) is 0 Å². The molecule has 158 valence electrons. The molecule has 8 heteroatoms. The van der Waals surface area contributed by atoms with Gasteiger partial charge >= 0.3 is 15.2 Å². The Bertz CT molecular complexity index is 1100. The van der Waals surface area contributed by atoms with E-state index in [-0.39, 0.29) is 21.6 Å². The molecule has 0 amide bonds. The predicted molar refractivity (Wildman–Crippen MR) is 117 cm³/mol. The van der Waals surface area contributed by atoms with Crippen LogP contribution >= 0.6 is 0 Å². The molecule has 0 saturated carbocycles. The fourth-order valence-corrected chi connectivity index (χ4v) is 5.22. The molecule has 0 spiro atoms. The van der Waals surface area contributed by atoms with Crippen molar-refractivity contribution in [1.29, 1.82) is 0 Å². The van der Waals surface area contributed by atoms with Crippen LogP contribution in [-0.2, 0) is 22.9 Å². The molecule has 3 unspecified atom stereocenters. The third-order valence-electron chi connectivity index (χ3n) is 5.88. The molecule has 4 N–H and O–H groups in total. The summed E-state index contributed by atoms with van der Waals surface area (Å²) in [7, 11) is -2.12. The quantitative estimate of drug-likeness (QED) is 0.686. The minimum absolute atomic E-state index is 0.00865. The Morgan fingerprint density at radius 3 is 2.70 bits per heavy atom. The van der Waals surface area contributed by atoms with Gasteiger partial charge in [-0.2, -0.15) is 13.4 Å². The Balaban J connectivity index is 1.45. The number of primary sulfonamides is 1. The molecule has 0 radical (unpaired) electrons. The van der Waals surface area contributed by atoms with E-state index in [2.05, 4.69) is 29.3 Å². The van der Waals surface area contributed by atoms with Crippen molar-refractivity contribution in [3.63, 3.8) is 0 Å². The van der Waals surface area contributed by atoms with Crippen molar-refractivity contribution in [2.24, 2.45) is 15.9 Å². The second-order valence-corrected chi connectivity index (χ2v) is 9.57. The van der Waals surface area contributed by atoms with Crippen molar-refractivity contribution >= 4 is 15.2 Å². The number of amidine groups is 1. The minimum Gasteiger partial charge on any atom is -0.488 e. The smallest absolute Gasteiger partial charge is 0.341 e. The number of aliphatic imine (C=N–C) groups is 1. The highest BCUT2D eigenvalue weighted by Gasteiger charge is 2.39. The third kappa shape index (κ3) is 4.17. The van der Waals surface area contributed by atoms with Crippen LogP contribution in [0.2, 0.25) is 0 Å². The van der Waals surface area contributed by atoms with Crippen LogP contribution in [0.15, 0.2) is 65.9 Å². The summed E-state index contributed by atoms with van der Waals surface area (Å²) < 4.78 is 29.5. The van der Waals surface area contributed by atoms with E-state index in [0.29, 0.717) is 13.2 Å². The lowest BCUT2D eigenvalue weighted by Crippen LogP contribution is -2.50. The molecular weight excluding hydrogens is 400 g/mol. The van der Waals surface area contributed by atoms with E-state index in [9.17, 15) is 8.42 Å². The fraction of sp³-hybridized carbons (Fsp3) is 0.318. The number of ether oxygens (including phenoxy) is 1. The van der Waals surface area contributed by atoms with Crippen LogP contribution in [0.1, 0.15) is 22.6 Å². The number of rotatable bonds is 6. The Morgan fingerprint density at radius 1 is 1.20 bits per heavy atom. The van der Waals surface area contributed by atoms with E-state index < -0.39 is 10.0 Å². The molecule has 0 saturated heterocycles. The first-order valence-electron chi connectivity index (χ1n) is 9.95. The predicted octanol–water partition coefficient (Wildman–Crippen LogP) is 1.85. The van der Waals surface area contributed by atoms with Crippen LogP contribution in [0.5, 0.6) is 5.75 Å². The maximum absolute atomic E-state index is 11.8. The summed E-state index contributed by atoms with van der Waals surface area (Å²) >= 11 is 0. The standard InChI is InChI=1S/C22H27N4O3S/c1-26(10-9-25-22(26)30(24,27)28)11-12-29-18-8-7-17-14-21(23)20(19(17)15-18)13-16-5-3-2-4-6-16/h2-10,15,20-21H,11-14,23H2,1H3,(H2,24,27,28)/q+1. The van der Waals surface area contributed by atoms with Gasteiger partial charge in [0.1, 0.15) is 25.1 Å². The number of likely N-dealkylation sites (N-methyl/N-ethyl adjacent to an activating group) is 1. The number of hydrogen-bond donors (Lipinski definition) is 2. The first-order chi connectivity index (χ1) is 14.3. The number of nitrogens with two attached hydrogens (primary N) is 2. The van der Waals surface area contributed by atoms with Gasteiger partial charge in [0.2, 0.25) is 0 Å². The zero-order valence-electron chi connectivity index (χ0n) is 16.9. The largest absolute Gasteiger partial charge is 0.488 e. The topological polar surface area (TPSA) is 108 Å². The van der Waals surface area contributed by atoms with E-state index in [4.69, 9.17) is 15.6 Å². The first kappa shape index (κ1) is 20.7. The van der Waals surface area contributed by atoms with Crippen molar-refractivity contribution in [2.45, 2.75) is 24.8 Å². The molecular formula is C22H27N4O3S+. The zero-order chi connectivity index (χ0) is 21.4. The highest BCUT2D eigenvalue weighted by molar-refractivity contribution is 8.03. The van der Waals surface area contributed by atoms with Gasteiger partial charge in [-0.05, 0) is 41.7 Å². The molecule has 0 aromatic heterocycles. The van der Waals surface area contributed by atoms with Gasteiger partial charge in [0.15, 0.2) is 0 Å². The highest BCUT2D eigenvalue weighted by Crippen LogP contribution is 2.37. The normalized spacial score (nSPS) is 25.2. The van der Waals surface area contributed by atoms with E-state index in [1.807, 2.05) is 24.3 Å². The Kier molecular flexibility index (Phi) is 5.50. The van der Waals surface area contributed by atoms with Crippen LogP contribution in [0.3, 0.4) is 0 Å². The summed E-state index contributed by atoms with van der Waals surface area (Å²) in [6.45, 7) is 0.722. The maximum Gasteiger partial charge on any atom is 0.341 e. The molecule has 1 heterocycles. The van der Waals surface area contributed by atoms with Gasteiger partial charge in [0.25, 0.3) is 0 Å². The molecule has 4 rings (SSSR count). The second-order valence-electron chi connectivity index (χ2n) is 8.12. The lowest BCUT2D eigenvalue weighted by atomic mass is 9.91. The Hall–Kier alpha value is -2.52. The number of hydrogen-bond acceptors (Lipinski definition) is 5. The molecule has 1 aliphatic heterocycles. The van der Waals surface area contributed by atoms with E-state index in [0.717, 1.165) is 18.6 Å². The number of fused-ring (bicyclic) bond motifs is 1. The van der Waals surface area contributed by atoms with Crippen molar-refractivity contribution in [3.05, 3.63) is 77.6 Å². The van der Waals surface area contributed by atoms with Crippen molar-refractivity contribution < 1.29 is 17.6 Å². The molecule has 2 aromatic carbocycles. The van der Waals surface area contributed by atoms with Crippen LogP contribution in [0.4, 0.5) is 0 Å². The summed E-state index contributed by atoms with van der Waals surface area (Å²) in [6.07, 6.45) is 4.92.